The second-order valence-corrected chi connectivity index (χ2v) is 19.3. The van der Waals surface area contributed by atoms with E-state index in [1.165, 1.54) is 25.2 Å². The number of ether oxygens (including phenoxy) is 1. The van der Waals surface area contributed by atoms with E-state index in [1.54, 1.807) is 7.11 Å². The number of quaternary nitrogens is 1. The first-order chi connectivity index (χ1) is 26.5. The molecule has 55 heavy (non-hydrogen) atoms. The van der Waals surface area contributed by atoms with E-state index in [2.05, 4.69) is 44.0 Å². The Morgan fingerprint density at radius 3 is 2.51 bits per heavy atom. The molecule has 0 aromatic heterocycles. The van der Waals surface area contributed by atoms with Crippen LogP contribution in [0.1, 0.15) is 143 Å². The summed E-state index contributed by atoms with van der Waals surface area (Å²) in [6.07, 6.45) is 19.6. The second kappa shape index (κ2) is 20.1. The van der Waals surface area contributed by atoms with Gasteiger partial charge in [-0.1, -0.05) is 44.4 Å². The zero-order chi connectivity index (χ0) is 39.1. The van der Waals surface area contributed by atoms with Crippen molar-refractivity contribution in [1.29, 1.82) is 0 Å². The van der Waals surface area contributed by atoms with Gasteiger partial charge in [-0.2, -0.15) is 0 Å². The van der Waals surface area contributed by atoms with Crippen molar-refractivity contribution in [3.63, 3.8) is 0 Å². The van der Waals surface area contributed by atoms with Crippen molar-refractivity contribution in [2.75, 3.05) is 13.7 Å². The van der Waals surface area contributed by atoms with Crippen LogP contribution in [0.3, 0.4) is 0 Å². The van der Waals surface area contributed by atoms with E-state index in [9.17, 15) is 19.8 Å². The Kier molecular flexibility index (Phi) is 15.6. The molecule has 13 atom stereocenters. The highest BCUT2D eigenvalue weighted by molar-refractivity contribution is 6.00. The molecule has 4 fully saturated rings. The number of carbonyl (C=O) groups is 2. The zero-order valence-corrected chi connectivity index (χ0v) is 34.7. The molecule has 8 nitrogen and oxygen atoms in total. The normalized spacial score (nSPS) is 37.8. The van der Waals surface area contributed by atoms with Crippen molar-refractivity contribution in [1.82, 2.24) is 0 Å². The molecule has 3 saturated carbocycles. The van der Waals surface area contributed by atoms with Crippen molar-refractivity contribution in [3.8, 4) is 11.8 Å². The molecule has 0 aromatic rings. The van der Waals surface area contributed by atoms with E-state index in [-0.39, 0.29) is 71.7 Å². The maximum atomic E-state index is 14.6. The van der Waals surface area contributed by atoms with Crippen LogP contribution >= 0.6 is 0 Å². The lowest BCUT2D eigenvalue weighted by molar-refractivity contribution is -0.699. The minimum absolute atomic E-state index is 0.0241. The number of aliphatic imine (C=N–C) groups is 1. The molecule has 2 aliphatic heterocycles. The number of nitrogens with zero attached hydrogens (tertiary/aromatic N) is 1. The van der Waals surface area contributed by atoms with Gasteiger partial charge in [0.1, 0.15) is 35.9 Å². The topological polar surface area (TPSA) is 139 Å². The van der Waals surface area contributed by atoms with Gasteiger partial charge < -0.3 is 20.3 Å². The van der Waals surface area contributed by atoms with E-state index >= 15 is 0 Å². The monoisotopic (exact) mass is 762 g/mol. The molecule has 0 bridgehead atoms. The van der Waals surface area contributed by atoms with Crippen LogP contribution in [0.25, 0.3) is 0 Å². The quantitative estimate of drug-likeness (QED) is 0.107. The molecule has 1 saturated heterocycles. The van der Waals surface area contributed by atoms with E-state index in [1.807, 2.05) is 6.21 Å². The van der Waals surface area contributed by atoms with Crippen LogP contribution in [0.4, 0.5) is 0 Å². The predicted octanol–water partition coefficient (Wildman–Crippen LogP) is 6.57. The number of aliphatic hydroxyl groups is 2. The lowest BCUT2D eigenvalue weighted by Gasteiger charge is -2.44. The first kappa shape index (κ1) is 42.6. The number of fused-ring (bicyclic) bond motifs is 2. The number of hydrogen-bond donors (Lipinski definition) is 4. The summed E-state index contributed by atoms with van der Waals surface area (Å²) in [5, 5.41) is 25.6. The third-order valence-electron chi connectivity index (χ3n) is 15.1. The Labute approximate surface area is 333 Å². The van der Waals surface area contributed by atoms with Crippen LogP contribution in [0.15, 0.2) is 16.8 Å². The third-order valence-corrected chi connectivity index (χ3v) is 15.1. The summed E-state index contributed by atoms with van der Waals surface area (Å²) in [5.74, 6) is 11.3. The smallest absolute Gasteiger partial charge is 0.177 e. The fraction of sp³-hybridized carbons (Fsp3) is 0.830. The Morgan fingerprint density at radius 2 is 1.80 bits per heavy atom. The van der Waals surface area contributed by atoms with Crippen molar-refractivity contribution in [2.45, 2.75) is 167 Å². The highest BCUT2D eigenvalue weighted by Gasteiger charge is 2.45. The Morgan fingerprint density at radius 1 is 1.00 bits per heavy atom. The largest absolute Gasteiger partial charge is 0.391 e. The molecule has 306 valence electrons. The highest BCUT2D eigenvalue weighted by Crippen LogP contribution is 2.48. The van der Waals surface area contributed by atoms with Gasteiger partial charge in [0.05, 0.1) is 37.7 Å². The number of rotatable bonds is 11. The van der Waals surface area contributed by atoms with Gasteiger partial charge in [-0.05, 0) is 126 Å². The molecule has 0 amide bonds. The maximum Gasteiger partial charge on any atom is 0.177 e. The van der Waals surface area contributed by atoms with E-state index in [0.29, 0.717) is 49.4 Å². The van der Waals surface area contributed by atoms with Gasteiger partial charge in [0.2, 0.25) is 0 Å². The molecule has 6 aliphatic rings. The van der Waals surface area contributed by atoms with Gasteiger partial charge in [-0.25, -0.2) is 0 Å². The van der Waals surface area contributed by atoms with Crippen molar-refractivity contribution >= 4 is 17.8 Å². The van der Waals surface area contributed by atoms with Crippen LogP contribution in [-0.2, 0) is 14.3 Å². The lowest BCUT2D eigenvalue weighted by Crippen LogP contribution is -2.94. The van der Waals surface area contributed by atoms with E-state index in [0.717, 1.165) is 82.9 Å². The van der Waals surface area contributed by atoms with Crippen molar-refractivity contribution in [2.24, 2.45) is 75.8 Å². The van der Waals surface area contributed by atoms with Crippen LogP contribution in [-0.4, -0.2) is 66.1 Å². The first-order valence-corrected chi connectivity index (χ1v) is 22.7. The minimum Gasteiger partial charge on any atom is -0.391 e. The standard InChI is InChI=1S/C47H74N3O5/c1-5-9-40(43(52)25-37-22-36(28-50-37)29(2)3)35-20-31(18-30-16-17-49-47(48)21-30)19-33-13-15-39(32-10-7-6-8-11-32)41-27-45(54)46(55-4)24-34(41)12-14-38(51)26-44(53)42(33)23-35/h22,28-35,39-43,45-47,49,52,54H,5-12,14,16-21,23-27,48H2,1-4H3/q+1/p+1. The molecule has 0 radical (unpaired) electrons. The lowest BCUT2D eigenvalue weighted by atomic mass is 9.63. The van der Waals surface area contributed by atoms with Crippen LogP contribution in [0, 0.1) is 82.9 Å². The highest BCUT2D eigenvalue weighted by atomic mass is 16.5. The summed E-state index contributed by atoms with van der Waals surface area (Å²) in [6, 6.07) is 0. The summed E-state index contributed by atoms with van der Waals surface area (Å²) >= 11 is 0. The summed E-state index contributed by atoms with van der Waals surface area (Å²) in [5.41, 5.74) is 7.44. The van der Waals surface area contributed by atoms with Gasteiger partial charge in [0.25, 0.3) is 0 Å². The molecule has 2 heterocycles. The summed E-state index contributed by atoms with van der Waals surface area (Å²) < 4.78 is 5.77. The first-order valence-electron chi connectivity index (χ1n) is 22.7. The Bertz CT molecular complexity index is 1390. The number of Topliss-reactive ketones (excluding diaryl/α,β-unsaturated/α-hetero) is 2. The number of methoxy groups -OCH3 is 1. The molecule has 6 rings (SSSR count). The van der Waals surface area contributed by atoms with Crippen LogP contribution < -0.4 is 11.1 Å². The number of carbonyl (C=O) groups excluding carboxylic acids is 2. The average Bonchev–Trinajstić information content (AvgIpc) is 3.56. The predicted molar refractivity (Wildman–Crippen MR) is 218 cm³/mol. The van der Waals surface area contributed by atoms with Gasteiger partial charge in [0.15, 0.2) is 5.70 Å². The maximum absolute atomic E-state index is 14.6. The fourth-order valence-corrected chi connectivity index (χ4v) is 12.1. The number of allylic oxidation sites excluding steroid dienone is 1. The minimum atomic E-state index is -0.551. The molecule has 0 spiro atoms. The number of hydrogen-bond acceptors (Lipinski definition) is 7. The fourth-order valence-electron chi connectivity index (χ4n) is 12.1. The molecule has 4 aliphatic carbocycles. The number of ketones is 2. The molecule has 6 N–H and O–H groups in total. The number of nitrogens with two attached hydrogens (primary N) is 2. The van der Waals surface area contributed by atoms with Gasteiger partial charge >= 0.3 is 0 Å². The van der Waals surface area contributed by atoms with Gasteiger partial charge in [0, 0.05) is 43.6 Å². The molecule has 13 unspecified atom stereocenters. The van der Waals surface area contributed by atoms with Crippen LogP contribution in [0.2, 0.25) is 0 Å². The summed E-state index contributed by atoms with van der Waals surface area (Å²) in [4.78, 5) is 33.1. The Balaban J connectivity index is 1.36. The SMILES string of the molecule is CCCC(C(O)CC1=C[C+](C(C)C)C=N1)C1CC(CC2CC[NH2+]C(N)C2)CC2C#CC(C3CCCCC3)C3CC(O)C(OC)CC3CCC(=O)CC(=O)C2C1. The average molecular weight is 762 g/mol. The van der Waals surface area contributed by atoms with Crippen molar-refractivity contribution < 1.29 is 29.9 Å². The zero-order valence-electron chi connectivity index (χ0n) is 34.7. The van der Waals surface area contributed by atoms with Gasteiger partial charge in [-0.3, -0.25) is 15.3 Å². The molecule has 8 heteroatoms. The van der Waals surface area contributed by atoms with E-state index in [4.69, 9.17) is 15.5 Å². The van der Waals surface area contributed by atoms with Gasteiger partial charge in [-0.15, -0.1) is 4.99 Å². The number of piperidine rings is 1. The van der Waals surface area contributed by atoms with Crippen molar-refractivity contribution in [3.05, 3.63) is 17.7 Å². The Hall–Kier alpha value is -2.02. The van der Waals surface area contributed by atoms with Crippen LogP contribution in [0.5, 0.6) is 0 Å². The van der Waals surface area contributed by atoms with E-state index < -0.39 is 12.2 Å². The molecule has 0 aromatic carbocycles. The summed E-state index contributed by atoms with van der Waals surface area (Å²) in [7, 11) is 1.69. The number of aliphatic hydroxyl groups excluding tert-OH is 2. The summed E-state index contributed by atoms with van der Waals surface area (Å²) in [6.45, 7) is 7.61. The molecular weight excluding hydrogens is 687 g/mol. The third kappa shape index (κ3) is 11.1. The molecular formula is C47H75N3O5+2. The second-order valence-electron chi connectivity index (χ2n) is 19.3.